The molecule has 4 rings (SSSR count). The van der Waals surface area contributed by atoms with Gasteiger partial charge in [-0.25, -0.2) is 0 Å². The summed E-state index contributed by atoms with van der Waals surface area (Å²) in [4.78, 5) is 20.8. The van der Waals surface area contributed by atoms with Gasteiger partial charge in [0.05, 0.1) is 17.1 Å². The second-order valence-electron chi connectivity index (χ2n) is 6.66. The molecule has 2 aromatic heterocycles. The van der Waals surface area contributed by atoms with Gasteiger partial charge in [-0.15, -0.1) is 0 Å². The first-order valence-corrected chi connectivity index (χ1v) is 9.31. The normalized spacial score (nSPS) is 11.5. The van der Waals surface area contributed by atoms with Crippen molar-refractivity contribution in [1.82, 2.24) is 20.2 Å². The molecule has 158 valence electrons. The molecule has 0 spiro atoms. The quantitative estimate of drug-likeness (QED) is 0.368. The van der Waals surface area contributed by atoms with E-state index >= 15 is 0 Å². The van der Waals surface area contributed by atoms with E-state index in [1.807, 2.05) is 6.92 Å². The van der Waals surface area contributed by atoms with Crippen LogP contribution in [0.4, 0.5) is 30.4 Å². The van der Waals surface area contributed by atoms with Crippen LogP contribution >= 0.6 is 11.6 Å². The average Bonchev–Trinajstić information content (AvgIpc) is 3.17. The number of rotatable bonds is 4. The SMILES string of the molecule is Cc1ccc(C(=O)Nc2cccc(C(F)(F)F)c2)cc1Nc1nc(Cl)nc2[nH]ncc12. The Bertz CT molecular complexity index is 1290. The lowest BCUT2D eigenvalue weighted by atomic mass is 10.1. The van der Waals surface area contributed by atoms with Crippen LogP contribution in [0, 0.1) is 6.92 Å². The molecular formula is C20H14ClF3N6O. The number of fused-ring (bicyclic) bond motifs is 1. The van der Waals surface area contributed by atoms with Gasteiger partial charge in [0.25, 0.3) is 5.91 Å². The molecule has 11 heteroatoms. The fraction of sp³-hybridized carbons (Fsp3) is 0.100. The number of carbonyl (C=O) groups is 1. The fourth-order valence-electron chi connectivity index (χ4n) is 2.90. The highest BCUT2D eigenvalue weighted by atomic mass is 35.5. The van der Waals surface area contributed by atoms with Crippen LogP contribution in [0.5, 0.6) is 0 Å². The largest absolute Gasteiger partial charge is 0.416 e. The molecule has 7 nitrogen and oxygen atoms in total. The first kappa shape index (κ1) is 20.6. The summed E-state index contributed by atoms with van der Waals surface area (Å²) in [7, 11) is 0. The zero-order valence-corrected chi connectivity index (χ0v) is 16.6. The Hall–Kier alpha value is -3.66. The van der Waals surface area contributed by atoms with E-state index in [2.05, 4.69) is 30.8 Å². The maximum Gasteiger partial charge on any atom is 0.416 e. The molecule has 0 unspecified atom stereocenters. The van der Waals surface area contributed by atoms with Gasteiger partial charge in [0.1, 0.15) is 5.82 Å². The molecule has 0 radical (unpaired) electrons. The van der Waals surface area contributed by atoms with E-state index < -0.39 is 17.6 Å². The van der Waals surface area contributed by atoms with Gasteiger partial charge in [-0.05, 0) is 54.4 Å². The molecule has 2 aromatic carbocycles. The van der Waals surface area contributed by atoms with Crippen LogP contribution in [0.15, 0.2) is 48.7 Å². The van der Waals surface area contributed by atoms with Gasteiger partial charge in [-0.2, -0.15) is 28.2 Å². The van der Waals surface area contributed by atoms with E-state index in [4.69, 9.17) is 11.6 Å². The number of amides is 1. The van der Waals surface area contributed by atoms with Gasteiger partial charge >= 0.3 is 6.18 Å². The van der Waals surface area contributed by atoms with Gasteiger partial charge < -0.3 is 10.6 Å². The predicted molar refractivity (Wildman–Crippen MR) is 111 cm³/mol. The van der Waals surface area contributed by atoms with Crippen molar-refractivity contribution in [3.05, 3.63) is 70.6 Å². The van der Waals surface area contributed by atoms with Crippen LogP contribution in [-0.4, -0.2) is 26.1 Å². The maximum atomic E-state index is 12.9. The zero-order chi connectivity index (χ0) is 22.2. The molecule has 4 aromatic rings. The lowest BCUT2D eigenvalue weighted by Crippen LogP contribution is -2.13. The van der Waals surface area contributed by atoms with Crippen molar-refractivity contribution in [2.45, 2.75) is 13.1 Å². The number of alkyl halides is 3. The zero-order valence-electron chi connectivity index (χ0n) is 15.9. The van der Waals surface area contributed by atoms with E-state index in [0.717, 1.165) is 17.7 Å². The van der Waals surface area contributed by atoms with Crippen LogP contribution in [0.25, 0.3) is 11.0 Å². The number of H-pyrrole nitrogens is 1. The molecule has 0 aliphatic rings. The monoisotopic (exact) mass is 446 g/mol. The van der Waals surface area contributed by atoms with E-state index in [-0.39, 0.29) is 16.5 Å². The lowest BCUT2D eigenvalue weighted by Gasteiger charge is -2.13. The molecule has 2 heterocycles. The second-order valence-corrected chi connectivity index (χ2v) is 7.00. The van der Waals surface area contributed by atoms with Gasteiger partial charge in [0.15, 0.2) is 5.65 Å². The number of anilines is 3. The number of nitrogens with zero attached hydrogens (tertiary/aromatic N) is 3. The topological polar surface area (TPSA) is 95.6 Å². The third-order valence-corrected chi connectivity index (χ3v) is 4.65. The Morgan fingerprint density at radius 3 is 2.71 bits per heavy atom. The first-order chi connectivity index (χ1) is 14.7. The minimum atomic E-state index is -4.50. The molecule has 0 atom stereocenters. The van der Waals surface area contributed by atoms with Crippen LogP contribution < -0.4 is 10.6 Å². The Morgan fingerprint density at radius 1 is 1.13 bits per heavy atom. The van der Waals surface area contributed by atoms with Crippen molar-refractivity contribution in [3.63, 3.8) is 0 Å². The number of nitrogens with one attached hydrogen (secondary N) is 3. The molecule has 3 N–H and O–H groups in total. The summed E-state index contributed by atoms with van der Waals surface area (Å²) in [5.74, 6) is -0.168. The molecule has 0 aliphatic heterocycles. The standard InChI is InChI=1S/C20H14ClF3N6O/c1-10-5-6-11(18(31)26-13-4-2-3-12(8-13)20(22,23)24)7-15(10)27-16-14-9-25-30-17(14)29-19(21)28-16/h2-9H,1H3,(H,26,31)(H2,25,27,28,29,30). The summed E-state index contributed by atoms with van der Waals surface area (Å²) in [6, 6.07) is 9.29. The van der Waals surface area contributed by atoms with Crippen molar-refractivity contribution in [1.29, 1.82) is 0 Å². The summed E-state index contributed by atoms with van der Waals surface area (Å²) < 4.78 is 38.7. The Labute approximate surface area is 178 Å². The number of aromatic nitrogens is 4. The molecular weight excluding hydrogens is 433 g/mol. The van der Waals surface area contributed by atoms with Gasteiger partial charge in [0, 0.05) is 16.9 Å². The molecule has 0 bridgehead atoms. The third kappa shape index (κ3) is 4.43. The van der Waals surface area contributed by atoms with E-state index in [1.165, 1.54) is 18.3 Å². The highest BCUT2D eigenvalue weighted by molar-refractivity contribution is 6.28. The fourth-order valence-corrected chi connectivity index (χ4v) is 3.07. The van der Waals surface area contributed by atoms with Crippen LogP contribution in [-0.2, 0) is 6.18 Å². The maximum absolute atomic E-state index is 12.9. The van der Waals surface area contributed by atoms with Crippen LogP contribution in [0.1, 0.15) is 21.5 Å². The number of carbonyl (C=O) groups excluding carboxylic acids is 1. The molecule has 0 fully saturated rings. The van der Waals surface area contributed by atoms with Gasteiger partial charge in [0.2, 0.25) is 5.28 Å². The minimum absolute atomic E-state index is 0.00958. The number of hydrogen-bond acceptors (Lipinski definition) is 5. The van der Waals surface area contributed by atoms with Crippen molar-refractivity contribution in [2.75, 3.05) is 10.6 Å². The number of halogens is 4. The Morgan fingerprint density at radius 2 is 1.94 bits per heavy atom. The second kappa shape index (κ2) is 7.88. The Balaban J connectivity index is 1.60. The summed E-state index contributed by atoms with van der Waals surface area (Å²) >= 11 is 5.95. The molecule has 0 aliphatic carbocycles. The van der Waals surface area contributed by atoms with E-state index in [0.29, 0.717) is 22.5 Å². The lowest BCUT2D eigenvalue weighted by molar-refractivity contribution is -0.137. The van der Waals surface area contributed by atoms with E-state index in [9.17, 15) is 18.0 Å². The molecule has 1 amide bonds. The van der Waals surface area contributed by atoms with Gasteiger partial charge in [-0.3, -0.25) is 9.89 Å². The number of benzene rings is 2. The Kier molecular flexibility index (Phi) is 5.24. The van der Waals surface area contributed by atoms with Crippen molar-refractivity contribution >= 4 is 45.7 Å². The summed E-state index contributed by atoms with van der Waals surface area (Å²) in [5.41, 5.74) is 1.25. The number of hydrogen-bond donors (Lipinski definition) is 3. The summed E-state index contributed by atoms with van der Waals surface area (Å²) in [5, 5.41) is 12.8. The van der Waals surface area contributed by atoms with Crippen molar-refractivity contribution in [2.24, 2.45) is 0 Å². The van der Waals surface area contributed by atoms with Crippen LogP contribution in [0.2, 0.25) is 5.28 Å². The third-order valence-electron chi connectivity index (χ3n) is 4.48. The minimum Gasteiger partial charge on any atom is -0.339 e. The smallest absolute Gasteiger partial charge is 0.339 e. The average molecular weight is 447 g/mol. The van der Waals surface area contributed by atoms with E-state index in [1.54, 1.807) is 18.2 Å². The summed E-state index contributed by atoms with van der Waals surface area (Å²) in [6.07, 6.45) is -2.97. The molecule has 0 saturated carbocycles. The van der Waals surface area contributed by atoms with Gasteiger partial charge in [-0.1, -0.05) is 12.1 Å². The van der Waals surface area contributed by atoms with Crippen molar-refractivity contribution in [3.8, 4) is 0 Å². The molecule has 0 saturated heterocycles. The number of aryl methyl sites for hydroxylation is 1. The predicted octanol–water partition coefficient (Wildman–Crippen LogP) is 5.33. The highest BCUT2D eigenvalue weighted by Gasteiger charge is 2.30. The number of aromatic amines is 1. The highest BCUT2D eigenvalue weighted by Crippen LogP contribution is 2.31. The van der Waals surface area contributed by atoms with Crippen molar-refractivity contribution < 1.29 is 18.0 Å². The van der Waals surface area contributed by atoms with Crippen LogP contribution in [0.3, 0.4) is 0 Å². The summed E-state index contributed by atoms with van der Waals surface area (Å²) in [6.45, 7) is 1.83. The first-order valence-electron chi connectivity index (χ1n) is 8.93. The molecule has 31 heavy (non-hydrogen) atoms.